The first kappa shape index (κ1) is 13.6. The Bertz CT molecular complexity index is 385. The molecule has 0 bridgehead atoms. The first-order valence-corrected chi connectivity index (χ1v) is 6.06. The highest BCUT2D eigenvalue weighted by atomic mass is 16.1. The Morgan fingerprint density at radius 1 is 1.41 bits per heavy atom. The van der Waals surface area contributed by atoms with Gasteiger partial charge in [-0.05, 0) is 12.8 Å². The molecule has 0 aromatic carbocycles. The lowest BCUT2D eigenvalue weighted by atomic mass is 9.88. The zero-order valence-corrected chi connectivity index (χ0v) is 11.1. The summed E-state index contributed by atoms with van der Waals surface area (Å²) in [5, 5.41) is 4.05. The van der Waals surface area contributed by atoms with Gasteiger partial charge >= 0.3 is 0 Å². The summed E-state index contributed by atoms with van der Waals surface area (Å²) in [6.45, 7) is 7.88. The van der Waals surface area contributed by atoms with Crippen LogP contribution in [0, 0.1) is 5.41 Å². The number of nitrogens with zero attached hydrogens (tertiary/aromatic N) is 3. The summed E-state index contributed by atoms with van der Waals surface area (Å²) in [5.74, 6) is 0.0964. The monoisotopic (exact) mass is 235 g/mol. The van der Waals surface area contributed by atoms with Crippen LogP contribution in [0.25, 0.3) is 5.70 Å². The molecule has 0 atom stereocenters. The van der Waals surface area contributed by atoms with Crippen molar-refractivity contribution in [1.82, 2.24) is 14.8 Å². The molecule has 0 saturated carbocycles. The van der Waals surface area contributed by atoms with Crippen molar-refractivity contribution in [3.8, 4) is 0 Å². The lowest BCUT2D eigenvalue weighted by Gasteiger charge is -2.18. The number of aromatic nitrogens is 3. The van der Waals surface area contributed by atoms with Crippen LogP contribution in [-0.2, 0) is 4.79 Å². The minimum Gasteiger partial charge on any atom is -0.292 e. The molecule has 4 heteroatoms. The molecule has 0 radical (unpaired) electrons. The summed E-state index contributed by atoms with van der Waals surface area (Å²) in [6.07, 6.45) is 8.07. The van der Waals surface area contributed by atoms with E-state index >= 15 is 0 Å². The number of hydrogen-bond acceptors (Lipinski definition) is 3. The van der Waals surface area contributed by atoms with E-state index in [0.717, 1.165) is 19.3 Å². The van der Waals surface area contributed by atoms with Crippen LogP contribution >= 0.6 is 0 Å². The van der Waals surface area contributed by atoms with Crippen LogP contribution in [0.1, 0.15) is 47.0 Å². The molecule has 1 rings (SSSR count). The maximum absolute atomic E-state index is 12.3. The molecule has 0 N–H and O–H groups in total. The molecule has 0 aliphatic rings. The summed E-state index contributed by atoms with van der Waals surface area (Å²) in [6, 6.07) is 0. The highest BCUT2D eigenvalue weighted by molar-refractivity contribution is 6.17. The quantitative estimate of drug-likeness (QED) is 0.582. The molecule has 1 aromatic rings. The first-order chi connectivity index (χ1) is 7.96. The standard InChI is InChI=1S/C13H21N3O/c1-5-6-7-8-11(12(17)13(2,3)4)16-10-14-9-15-16/h8-10H,5-7H2,1-4H3. The molecule has 94 valence electrons. The number of unbranched alkanes of at least 4 members (excludes halogenated alkanes) is 2. The van der Waals surface area contributed by atoms with E-state index in [1.807, 2.05) is 26.8 Å². The van der Waals surface area contributed by atoms with Crippen molar-refractivity contribution in [3.63, 3.8) is 0 Å². The van der Waals surface area contributed by atoms with E-state index in [9.17, 15) is 4.79 Å². The maximum Gasteiger partial charge on any atom is 0.186 e. The molecule has 1 heterocycles. The van der Waals surface area contributed by atoms with Gasteiger partial charge in [-0.25, -0.2) is 9.67 Å². The van der Waals surface area contributed by atoms with Gasteiger partial charge in [0.15, 0.2) is 5.78 Å². The number of Topliss-reactive ketones (excluding diaryl/α,β-unsaturated/α-hetero) is 1. The summed E-state index contributed by atoms with van der Waals surface area (Å²) in [5.41, 5.74) is 0.229. The predicted octanol–water partition coefficient (Wildman–Crippen LogP) is 2.92. The number of carbonyl (C=O) groups is 1. The van der Waals surface area contributed by atoms with E-state index in [4.69, 9.17) is 0 Å². The fourth-order valence-electron chi connectivity index (χ4n) is 1.45. The predicted molar refractivity (Wildman–Crippen MR) is 68.3 cm³/mol. The van der Waals surface area contributed by atoms with Gasteiger partial charge in [0, 0.05) is 5.41 Å². The number of allylic oxidation sites excluding steroid dienone is 2. The van der Waals surface area contributed by atoms with Gasteiger partial charge in [-0.2, -0.15) is 5.10 Å². The number of rotatable bonds is 5. The highest BCUT2D eigenvalue weighted by Crippen LogP contribution is 2.22. The Morgan fingerprint density at radius 3 is 2.59 bits per heavy atom. The van der Waals surface area contributed by atoms with E-state index in [1.165, 1.54) is 6.33 Å². The van der Waals surface area contributed by atoms with E-state index in [1.54, 1.807) is 11.0 Å². The van der Waals surface area contributed by atoms with Crippen molar-refractivity contribution in [2.45, 2.75) is 47.0 Å². The Hall–Kier alpha value is -1.45. The number of hydrogen-bond donors (Lipinski definition) is 0. The van der Waals surface area contributed by atoms with E-state index in [0.29, 0.717) is 5.70 Å². The Balaban J connectivity index is 2.96. The van der Waals surface area contributed by atoms with Crippen molar-refractivity contribution in [2.24, 2.45) is 5.41 Å². The van der Waals surface area contributed by atoms with Crippen LogP contribution in [-0.4, -0.2) is 20.5 Å². The van der Waals surface area contributed by atoms with Gasteiger partial charge in [-0.3, -0.25) is 4.79 Å². The molecule has 0 unspecified atom stereocenters. The van der Waals surface area contributed by atoms with Gasteiger partial charge in [0.2, 0.25) is 0 Å². The van der Waals surface area contributed by atoms with Gasteiger partial charge in [0.05, 0.1) is 0 Å². The highest BCUT2D eigenvalue weighted by Gasteiger charge is 2.26. The van der Waals surface area contributed by atoms with Crippen LogP contribution in [0.5, 0.6) is 0 Å². The van der Waals surface area contributed by atoms with Crippen LogP contribution in [0.15, 0.2) is 18.7 Å². The fourth-order valence-corrected chi connectivity index (χ4v) is 1.45. The second-order valence-electron chi connectivity index (χ2n) is 5.15. The second-order valence-corrected chi connectivity index (χ2v) is 5.15. The topological polar surface area (TPSA) is 47.8 Å². The summed E-state index contributed by atoms with van der Waals surface area (Å²) in [7, 11) is 0. The van der Waals surface area contributed by atoms with Crippen molar-refractivity contribution >= 4 is 11.5 Å². The lowest BCUT2D eigenvalue weighted by molar-refractivity contribution is -0.120. The number of ketones is 1. The van der Waals surface area contributed by atoms with Crippen molar-refractivity contribution in [3.05, 3.63) is 18.7 Å². The molecule has 0 amide bonds. The first-order valence-electron chi connectivity index (χ1n) is 6.06. The van der Waals surface area contributed by atoms with Crippen molar-refractivity contribution < 1.29 is 4.79 Å². The zero-order chi connectivity index (χ0) is 12.9. The van der Waals surface area contributed by atoms with E-state index in [-0.39, 0.29) is 5.78 Å². The minimum absolute atomic E-state index is 0.0964. The average Bonchev–Trinajstić information content (AvgIpc) is 2.75. The van der Waals surface area contributed by atoms with Crippen LogP contribution in [0.4, 0.5) is 0 Å². The third-order valence-corrected chi connectivity index (χ3v) is 2.47. The third-order valence-electron chi connectivity index (χ3n) is 2.47. The molecular formula is C13H21N3O. The van der Waals surface area contributed by atoms with Crippen molar-refractivity contribution in [2.75, 3.05) is 0 Å². The molecule has 0 saturated heterocycles. The van der Waals surface area contributed by atoms with Gasteiger partial charge in [-0.15, -0.1) is 0 Å². The Labute approximate surface area is 103 Å². The number of carbonyl (C=O) groups excluding carboxylic acids is 1. The summed E-state index contributed by atoms with van der Waals surface area (Å²) < 4.78 is 1.56. The molecule has 1 aromatic heterocycles. The molecule has 0 aliphatic carbocycles. The summed E-state index contributed by atoms with van der Waals surface area (Å²) in [4.78, 5) is 16.2. The smallest absolute Gasteiger partial charge is 0.186 e. The largest absolute Gasteiger partial charge is 0.292 e. The molecule has 0 spiro atoms. The second kappa shape index (κ2) is 5.75. The van der Waals surface area contributed by atoms with Crippen LogP contribution < -0.4 is 0 Å². The molecule has 17 heavy (non-hydrogen) atoms. The molecule has 4 nitrogen and oxygen atoms in total. The third kappa shape index (κ3) is 3.80. The van der Waals surface area contributed by atoms with Gasteiger partial charge in [-0.1, -0.05) is 40.2 Å². The van der Waals surface area contributed by atoms with Crippen LogP contribution in [0.2, 0.25) is 0 Å². The Kier molecular flexibility index (Phi) is 4.61. The molecule has 0 fully saturated rings. The Morgan fingerprint density at radius 2 is 2.12 bits per heavy atom. The summed E-state index contributed by atoms with van der Waals surface area (Å²) >= 11 is 0. The van der Waals surface area contributed by atoms with Gasteiger partial charge in [0.25, 0.3) is 0 Å². The van der Waals surface area contributed by atoms with Gasteiger partial charge in [0.1, 0.15) is 18.4 Å². The lowest BCUT2D eigenvalue weighted by Crippen LogP contribution is -2.24. The normalized spacial score (nSPS) is 12.8. The van der Waals surface area contributed by atoms with Gasteiger partial charge < -0.3 is 0 Å². The van der Waals surface area contributed by atoms with E-state index in [2.05, 4.69) is 17.0 Å². The maximum atomic E-state index is 12.3. The minimum atomic E-state index is -0.399. The van der Waals surface area contributed by atoms with E-state index < -0.39 is 5.41 Å². The molecule has 0 aliphatic heterocycles. The van der Waals surface area contributed by atoms with Crippen molar-refractivity contribution in [1.29, 1.82) is 0 Å². The zero-order valence-electron chi connectivity index (χ0n) is 11.1. The fraction of sp³-hybridized carbons (Fsp3) is 0.615. The van der Waals surface area contributed by atoms with Crippen LogP contribution in [0.3, 0.4) is 0 Å². The molecular weight excluding hydrogens is 214 g/mol. The SMILES string of the molecule is CCCCC=C(C(=O)C(C)(C)C)n1cncn1. The average molecular weight is 235 g/mol.